The lowest BCUT2D eigenvalue weighted by atomic mass is 9.78. The molecule has 0 aliphatic carbocycles. The first kappa shape index (κ1) is 30.0. The molecular weight excluding hydrogens is 556 g/mol. The Bertz CT molecular complexity index is 1120. The molecule has 0 saturated carbocycles. The molecule has 2 N–H and O–H groups in total. The van der Waals surface area contributed by atoms with Gasteiger partial charge >= 0.3 is 0 Å². The van der Waals surface area contributed by atoms with Gasteiger partial charge in [0.15, 0.2) is 0 Å². The van der Waals surface area contributed by atoms with E-state index in [9.17, 15) is 14.7 Å². The number of aliphatic hydroxyl groups is 1. The minimum Gasteiger partial charge on any atom is -0.394 e. The lowest BCUT2D eigenvalue weighted by Gasteiger charge is -2.38. The van der Waals surface area contributed by atoms with Crippen molar-refractivity contribution in [3.8, 4) is 0 Å². The number of benzene rings is 2. The second kappa shape index (κ2) is 13.0. The molecular formula is C27H33Cl4N3O3. The molecule has 0 bridgehead atoms. The summed E-state index contributed by atoms with van der Waals surface area (Å²) in [6.45, 7) is 5.51. The third-order valence-corrected chi connectivity index (χ3v) is 8.90. The van der Waals surface area contributed by atoms with Crippen LogP contribution in [0.5, 0.6) is 0 Å². The fourth-order valence-electron chi connectivity index (χ4n) is 4.68. The molecule has 2 unspecified atom stereocenters. The van der Waals surface area contributed by atoms with Gasteiger partial charge in [0, 0.05) is 33.1 Å². The standard InChI is InChI=1S/C27H33Cl4N3O3/c1-17(36)33(3)20-8-11-34(12-9-20)13-10-27(2,19-5-7-22(29)24(31)15-19)26(37)32-25(16-35)18-4-6-21(28)23(30)14-18/h4-7,14-15,20,25,35H,8-13,16H2,1-3H3,(H,32,37). The van der Waals surface area contributed by atoms with Crippen LogP contribution in [-0.4, -0.2) is 66.1 Å². The number of aliphatic hydroxyl groups excluding tert-OH is 1. The maximum atomic E-state index is 13.8. The van der Waals surface area contributed by atoms with Gasteiger partial charge in [0.1, 0.15) is 0 Å². The third kappa shape index (κ3) is 7.31. The van der Waals surface area contributed by atoms with Crippen molar-refractivity contribution in [2.24, 2.45) is 0 Å². The predicted molar refractivity (Wildman–Crippen MR) is 151 cm³/mol. The van der Waals surface area contributed by atoms with Gasteiger partial charge < -0.3 is 20.2 Å². The molecule has 0 radical (unpaired) electrons. The van der Waals surface area contributed by atoms with Crippen molar-refractivity contribution < 1.29 is 14.7 Å². The molecule has 1 aliphatic rings. The van der Waals surface area contributed by atoms with Crippen LogP contribution in [0.15, 0.2) is 36.4 Å². The summed E-state index contributed by atoms with van der Waals surface area (Å²) in [7, 11) is 1.85. The molecule has 2 aromatic carbocycles. The SMILES string of the molecule is CC(=O)N(C)C1CCN(CCC(C)(C(=O)NC(CO)c2ccc(Cl)c(Cl)c2)c2ccc(Cl)c(Cl)c2)CC1. The van der Waals surface area contributed by atoms with Gasteiger partial charge in [0.2, 0.25) is 11.8 Å². The highest BCUT2D eigenvalue weighted by molar-refractivity contribution is 6.42. The van der Waals surface area contributed by atoms with Crippen molar-refractivity contribution in [2.45, 2.75) is 50.6 Å². The van der Waals surface area contributed by atoms with Crippen molar-refractivity contribution in [2.75, 3.05) is 33.3 Å². The van der Waals surface area contributed by atoms with Crippen molar-refractivity contribution in [3.63, 3.8) is 0 Å². The van der Waals surface area contributed by atoms with E-state index >= 15 is 0 Å². The van der Waals surface area contributed by atoms with E-state index < -0.39 is 11.5 Å². The number of carbonyl (C=O) groups excluding carboxylic acids is 2. The molecule has 3 rings (SSSR count). The second-order valence-corrected chi connectivity index (χ2v) is 11.4. The molecule has 37 heavy (non-hydrogen) atoms. The van der Waals surface area contributed by atoms with Gasteiger partial charge in [-0.05, 0) is 68.1 Å². The highest BCUT2D eigenvalue weighted by Crippen LogP contribution is 2.35. The van der Waals surface area contributed by atoms with E-state index in [2.05, 4.69) is 10.2 Å². The van der Waals surface area contributed by atoms with Crippen molar-refractivity contribution in [1.82, 2.24) is 15.1 Å². The van der Waals surface area contributed by atoms with Gasteiger partial charge in [-0.3, -0.25) is 9.59 Å². The van der Waals surface area contributed by atoms with Gasteiger partial charge in [-0.1, -0.05) is 58.5 Å². The van der Waals surface area contributed by atoms with Gasteiger partial charge in [0.25, 0.3) is 0 Å². The summed E-state index contributed by atoms with van der Waals surface area (Å²) in [5.74, 6) is -0.176. The van der Waals surface area contributed by atoms with Crippen molar-refractivity contribution in [3.05, 3.63) is 67.6 Å². The number of nitrogens with one attached hydrogen (secondary N) is 1. The molecule has 2 amide bonds. The first-order valence-electron chi connectivity index (χ1n) is 12.2. The summed E-state index contributed by atoms with van der Waals surface area (Å²) >= 11 is 24.7. The zero-order chi connectivity index (χ0) is 27.3. The fourth-order valence-corrected chi connectivity index (χ4v) is 5.28. The van der Waals surface area contributed by atoms with E-state index in [-0.39, 0.29) is 24.5 Å². The number of halogens is 4. The van der Waals surface area contributed by atoms with E-state index in [1.165, 1.54) is 0 Å². The second-order valence-electron chi connectivity index (χ2n) is 9.80. The molecule has 1 aliphatic heterocycles. The molecule has 0 spiro atoms. The normalized spacial score (nSPS) is 17.2. The molecule has 6 nitrogen and oxygen atoms in total. The molecule has 0 aromatic heterocycles. The predicted octanol–water partition coefficient (Wildman–Crippen LogP) is 5.74. The van der Waals surface area contributed by atoms with Crippen LogP contribution >= 0.6 is 46.4 Å². The highest BCUT2D eigenvalue weighted by Gasteiger charge is 2.37. The number of piperidine rings is 1. The van der Waals surface area contributed by atoms with Crippen LogP contribution in [0.2, 0.25) is 20.1 Å². The molecule has 202 valence electrons. The number of likely N-dealkylation sites (tertiary alicyclic amines) is 1. The van der Waals surface area contributed by atoms with E-state index in [1.54, 1.807) is 37.3 Å². The fraction of sp³-hybridized carbons (Fsp3) is 0.481. The van der Waals surface area contributed by atoms with Gasteiger partial charge in [0.05, 0.1) is 38.2 Å². The highest BCUT2D eigenvalue weighted by atomic mass is 35.5. The Morgan fingerprint density at radius 2 is 1.65 bits per heavy atom. The van der Waals surface area contributed by atoms with E-state index in [1.807, 2.05) is 24.9 Å². The summed E-state index contributed by atoms with van der Waals surface area (Å²) in [4.78, 5) is 29.7. The lowest BCUT2D eigenvalue weighted by Crippen LogP contribution is -2.48. The topological polar surface area (TPSA) is 72.9 Å². The van der Waals surface area contributed by atoms with Gasteiger partial charge in [-0.15, -0.1) is 0 Å². The van der Waals surface area contributed by atoms with E-state index in [0.29, 0.717) is 38.6 Å². The third-order valence-electron chi connectivity index (χ3n) is 7.42. The Hall–Kier alpha value is -1.54. The monoisotopic (exact) mass is 587 g/mol. The smallest absolute Gasteiger partial charge is 0.230 e. The Morgan fingerprint density at radius 3 is 2.19 bits per heavy atom. The molecule has 1 saturated heterocycles. The van der Waals surface area contributed by atoms with E-state index in [0.717, 1.165) is 31.5 Å². The zero-order valence-corrected chi connectivity index (χ0v) is 24.3. The number of nitrogens with zero attached hydrogens (tertiary/aromatic N) is 2. The van der Waals surface area contributed by atoms with Crippen molar-refractivity contribution >= 4 is 58.2 Å². The number of amides is 2. The average Bonchev–Trinajstić information content (AvgIpc) is 2.88. The molecule has 2 aromatic rings. The minimum absolute atomic E-state index is 0.0720. The van der Waals surface area contributed by atoms with Crippen LogP contribution in [0.1, 0.15) is 50.3 Å². The quantitative estimate of drug-likeness (QED) is 0.392. The largest absolute Gasteiger partial charge is 0.394 e. The number of hydrogen-bond acceptors (Lipinski definition) is 4. The average molecular weight is 589 g/mol. The summed E-state index contributed by atoms with van der Waals surface area (Å²) in [5.41, 5.74) is 0.431. The minimum atomic E-state index is -0.953. The number of hydrogen-bond donors (Lipinski definition) is 2. The summed E-state index contributed by atoms with van der Waals surface area (Å²) in [5, 5.41) is 14.6. The zero-order valence-electron chi connectivity index (χ0n) is 21.2. The summed E-state index contributed by atoms with van der Waals surface area (Å²) in [6.07, 6.45) is 2.29. The lowest BCUT2D eigenvalue weighted by molar-refractivity contribution is -0.131. The van der Waals surface area contributed by atoms with Gasteiger partial charge in [-0.25, -0.2) is 0 Å². The summed E-state index contributed by atoms with van der Waals surface area (Å²) in [6, 6.07) is 9.81. The van der Waals surface area contributed by atoms with Crippen LogP contribution in [0.3, 0.4) is 0 Å². The first-order valence-corrected chi connectivity index (χ1v) is 13.8. The Morgan fingerprint density at radius 1 is 1.05 bits per heavy atom. The van der Waals surface area contributed by atoms with E-state index in [4.69, 9.17) is 46.4 Å². The van der Waals surface area contributed by atoms with Crippen LogP contribution in [0.4, 0.5) is 0 Å². The molecule has 2 atom stereocenters. The number of carbonyl (C=O) groups is 2. The maximum Gasteiger partial charge on any atom is 0.230 e. The Kier molecular flexibility index (Phi) is 10.5. The van der Waals surface area contributed by atoms with Crippen LogP contribution in [-0.2, 0) is 15.0 Å². The number of rotatable bonds is 9. The molecule has 1 heterocycles. The van der Waals surface area contributed by atoms with Crippen LogP contribution in [0, 0.1) is 0 Å². The Balaban J connectivity index is 1.79. The molecule has 1 fully saturated rings. The Labute approximate surface area is 238 Å². The summed E-state index contributed by atoms with van der Waals surface area (Å²) < 4.78 is 0. The van der Waals surface area contributed by atoms with Crippen molar-refractivity contribution in [1.29, 1.82) is 0 Å². The van der Waals surface area contributed by atoms with Crippen LogP contribution < -0.4 is 5.32 Å². The van der Waals surface area contributed by atoms with Gasteiger partial charge in [-0.2, -0.15) is 0 Å². The first-order chi connectivity index (χ1) is 17.5. The molecule has 10 heteroatoms. The maximum absolute atomic E-state index is 13.8. The van der Waals surface area contributed by atoms with Crippen LogP contribution in [0.25, 0.3) is 0 Å².